The van der Waals surface area contributed by atoms with E-state index >= 15 is 0 Å². The SMILES string of the molecule is Cc1cc(C(=O)N2CCN(C(=O)O)C[C@H]2Cc2ccccc2)c(-c2ccccc2)n1-c1cccc(N2CCS(O)(O)CC2)c1. The minimum Gasteiger partial charge on any atom is -0.465 e. The Hall–Kier alpha value is -4.25. The van der Waals surface area contributed by atoms with Gasteiger partial charge >= 0.3 is 6.09 Å². The molecule has 2 fully saturated rings. The van der Waals surface area contributed by atoms with Crippen molar-refractivity contribution in [2.24, 2.45) is 0 Å². The van der Waals surface area contributed by atoms with Gasteiger partial charge in [-0.1, -0.05) is 66.7 Å². The summed E-state index contributed by atoms with van der Waals surface area (Å²) in [6.45, 7) is 3.95. The van der Waals surface area contributed by atoms with Gasteiger partial charge in [-0.2, -0.15) is 10.6 Å². The molecule has 230 valence electrons. The molecule has 0 aliphatic carbocycles. The van der Waals surface area contributed by atoms with Gasteiger partial charge < -0.3 is 24.4 Å². The number of anilines is 1. The van der Waals surface area contributed by atoms with E-state index in [4.69, 9.17) is 0 Å². The summed E-state index contributed by atoms with van der Waals surface area (Å²) < 4.78 is 22.3. The van der Waals surface area contributed by atoms with E-state index in [-0.39, 0.29) is 25.0 Å². The summed E-state index contributed by atoms with van der Waals surface area (Å²) in [6.07, 6.45) is -0.417. The molecular formula is C34H38N4O5S. The Kier molecular flexibility index (Phi) is 8.40. The average Bonchev–Trinajstić information content (AvgIpc) is 3.38. The summed E-state index contributed by atoms with van der Waals surface area (Å²) in [4.78, 5) is 31.9. The van der Waals surface area contributed by atoms with Crippen LogP contribution < -0.4 is 4.90 Å². The van der Waals surface area contributed by atoms with Crippen LogP contribution in [-0.2, 0) is 6.42 Å². The van der Waals surface area contributed by atoms with Crippen molar-refractivity contribution >= 4 is 28.3 Å². The molecule has 0 bridgehead atoms. The fraction of sp³-hybridized carbons (Fsp3) is 0.294. The number of nitrogens with zero attached hydrogens (tertiary/aromatic N) is 4. The maximum atomic E-state index is 14.5. The van der Waals surface area contributed by atoms with Crippen molar-refractivity contribution in [1.29, 1.82) is 0 Å². The van der Waals surface area contributed by atoms with E-state index in [1.165, 1.54) is 4.90 Å². The van der Waals surface area contributed by atoms with E-state index in [9.17, 15) is 23.8 Å². The number of carbonyl (C=O) groups excluding carboxylic acids is 1. The zero-order chi connectivity index (χ0) is 30.8. The summed E-state index contributed by atoms with van der Waals surface area (Å²) in [5.41, 5.74) is 6.13. The predicted octanol–water partition coefficient (Wildman–Crippen LogP) is 6.07. The van der Waals surface area contributed by atoms with Gasteiger partial charge in [0.25, 0.3) is 5.91 Å². The number of amides is 2. The van der Waals surface area contributed by atoms with E-state index < -0.39 is 16.7 Å². The number of rotatable bonds is 6. The summed E-state index contributed by atoms with van der Waals surface area (Å²) in [6, 6.07) is 29.5. The molecule has 9 nitrogen and oxygen atoms in total. The highest BCUT2D eigenvalue weighted by molar-refractivity contribution is 8.24. The molecule has 2 aliphatic rings. The predicted molar refractivity (Wildman–Crippen MR) is 175 cm³/mol. The molecule has 0 spiro atoms. The molecule has 6 rings (SSSR count). The quantitative estimate of drug-likeness (QED) is 0.243. The van der Waals surface area contributed by atoms with Crippen molar-refractivity contribution < 1.29 is 23.8 Å². The molecule has 3 heterocycles. The number of benzene rings is 3. The second-order valence-corrected chi connectivity index (χ2v) is 14.0. The van der Waals surface area contributed by atoms with Crippen molar-refractivity contribution in [3.63, 3.8) is 0 Å². The number of aromatic nitrogens is 1. The molecule has 3 N–H and O–H groups in total. The molecule has 44 heavy (non-hydrogen) atoms. The summed E-state index contributed by atoms with van der Waals surface area (Å²) in [5.74, 6) is 0.592. The van der Waals surface area contributed by atoms with E-state index in [2.05, 4.69) is 15.5 Å². The van der Waals surface area contributed by atoms with Crippen LogP contribution in [0.4, 0.5) is 10.5 Å². The van der Waals surface area contributed by atoms with Gasteiger partial charge in [0.2, 0.25) is 0 Å². The molecule has 10 heteroatoms. The van der Waals surface area contributed by atoms with Gasteiger partial charge in [-0.25, -0.2) is 4.79 Å². The fourth-order valence-corrected chi connectivity index (χ4v) is 7.57. The third-order valence-corrected chi connectivity index (χ3v) is 10.3. The number of carbonyl (C=O) groups is 2. The first kappa shape index (κ1) is 29.8. The van der Waals surface area contributed by atoms with Crippen LogP contribution in [-0.4, -0.2) is 90.9 Å². The van der Waals surface area contributed by atoms with E-state index in [1.807, 2.05) is 96.8 Å². The normalized spacial score (nSPS) is 19.1. The van der Waals surface area contributed by atoms with Crippen molar-refractivity contribution in [2.45, 2.75) is 19.4 Å². The molecule has 2 aliphatic heterocycles. The van der Waals surface area contributed by atoms with E-state index in [0.717, 1.165) is 33.9 Å². The first-order valence-electron chi connectivity index (χ1n) is 14.9. The second-order valence-electron chi connectivity index (χ2n) is 11.5. The molecule has 3 aromatic carbocycles. The lowest BCUT2D eigenvalue weighted by Crippen LogP contribution is -2.57. The van der Waals surface area contributed by atoms with Crippen molar-refractivity contribution in [3.8, 4) is 16.9 Å². The van der Waals surface area contributed by atoms with Gasteiger partial charge in [0.1, 0.15) is 0 Å². The Labute approximate surface area is 259 Å². The summed E-state index contributed by atoms with van der Waals surface area (Å²) in [7, 11) is -2.51. The van der Waals surface area contributed by atoms with E-state index in [0.29, 0.717) is 43.1 Å². The Morgan fingerprint density at radius 1 is 0.818 bits per heavy atom. The smallest absolute Gasteiger partial charge is 0.407 e. The molecule has 2 amide bonds. The second kappa shape index (κ2) is 12.4. The zero-order valence-electron chi connectivity index (χ0n) is 24.7. The number of piperazine rings is 1. The molecule has 1 atom stereocenters. The molecule has 0 saturated carbocycles. The van der Waals surface area contributed by atoms with Crippen LogP contribution in [0, 0.1) is 6.92 Å². The third kappa shape index (κ3) is 6.19. The van der Waals surface area contributed by atoms with Crippen LogP contribution in [0.15, 0.2) is 91.0 Å². The summed E-state index contributed by atoms with van der Waals surface area (Å²) in [5, 5.41) is 9.76. The zero-order valence-corrected chi connectivity index (χ0v) is 25.6. The molecule has 4 aromatic rings. The highest BCUT2D eigenvalue weighted by Crippen LogP contribution is 2.41. The number of aryl methyl sites for hydroxylation is 1. The summed E-state index contributed by atoms with van der Waals surface area (Å²) >= 11 is 0. The van der Waals surface area contributed by atoms with Gasteiger partial charge in [-0.3, -0.25) is 13.9 Å². The first-order chi connectivity index (χ1) is 21.2. The van der Waals surface area contributed by atoms with Crippen LogP contribution >= 0.6 is 10.6 Å². The van der Waals surface area contributed by atoms with Crippen LogP contribution in [0.1, 0.15) is 21.6 Å². The Morgan fingerprint density at radius 2 is 1.48 bits per heavy atom. The van der Waals surface area contributed by atoms with Gasteiger partial charge in [-0.05, 0) is 48.7 Å². The first-order valence-corrected chi connectivity index (χ1v) is 16.8. The molecular weight excluding hydrogens is 576 g/mol. The number of carboxylic acid groups (broad SMARTS) is 1. The number of hydrogen-bond acceptors (Lipinski definition) is 5. The minimum absolute atomic E-state index is 0.117. The highest BCUT2D eigenvalue weighted by atomic mass is 32.3. The average molecular weight is 615 g/mol. The fourth-order valence-electron chi connectivity index (χ4n) is 6.34. The van der Waals surface area contributed by atoms with Crippen molar-refractivity contribution in [1.82, 2.24) is 14.4 Å². The largest absolute Gasteiger partial charge is 0.465 e. The Bertz CT molecular complexity index is 1630. The maximum absolute atomic E-state index is 14.5. The van der Waals surface area contributed by atoms with Crippen LogP contribution in [0.3, 0.4) is 0 Å². The standard InChI is InChI=1S/C34H38N4O5S/c1-25-21-31(33(39)37-16-15-36(34(40)41)24-30(37)22-26-9-4-2-5-10-26)32(27-11-6-3-7-12-27)38(25)29-14-8-13-28(23-29)35-17-19-44(42,43)20-18-35/h2-14,21,23,30,42-43H,15-20,22,24H2,1H3,(H,40,41)/t30-/m1/s1. The molecule has 0 radical (unpaired) electrons. The van der Waals surface area contributed by atoms with Crippen LogP contribution in [0.5, 0.6) is 0 Å². The van der Waals surface area contributed by atoms with Crippen molar-refractivity contribution in [3.05, 3.63) is 108 Å². The lowest BCUT2D eigenvalue weighted by molar-refractivity contribution is 0.0451. The molecule has 1 aromatic heterocycles. The topological polar surface area (TPSA) is 109 Å². The van der Waals surface area contributed by atoms with Crippen molar-refractivity contribution in [2.75, 3.05) is 49.1 Å². The number of hydrogen-bond donors (Lipinski definition) is 3. The van der Waals surface area contributed by atoms with E-state index in [1.54, 1.807) is 0 Å². The lowest BCUT2D eigenvalue weighted by atomic mass is 10.00. The monoisotopic (exact) mass is 614 g/mol. The van der Waals surface area contributed by atoms with Crippen LogP contribution in [0.25, 0.3) is 16.9 Å². The van der Waals surface area contributed by atoms with Gasteiger partial charge in [0, 0.05) is 49.8 Å². The maximum Gasteiger partial charge on any atom is 0.407 e. The van der Waals surface area contributed by atoms with Crippen LogP contribution in [0.2, 0.25) is 0 Å². The lowest BCUT2D eigenvalue weighted by Gasteiger charge is -2.42. The Morgan fingerprint density at radius 3 is 2.16 bits per heavy atom. The van der Waals surface area contributed by atoms with Gasteiger partial charge in [-0.15, -0.1) is 0 Å². The third-order valence-electron chi connectivity index (χ3n) is 8.62. The molecule has 2 saturated heterocycles. The molecule has 0 unspecified atom stereocenters. The highest BCUT2D eigenvalue weighted by Gasteiger charge is 2.35. The minimum atomic E-state index is -2.51. The van der Waals surface area contributed by atoms with Gasteiger partial charge in [0.05, 0.1) is 28.8 Å². The Balaban J connectivity index is 1.39. The van der Waals surface area contributed by atoms with Gasteiger partial charge in [0.15, 0.2) is 0 Å².